The van der Waals surface area contributed by atoms with E-state index in [9.17, 15) is 17.6 Å². The van der Waals surface area contributed by atoms with Gasteiger partial charge in [-0.3, -0.25) is 9.48 Å². The average Bonchev–Trinajstić information content (AvgIpc) is 3.08. The minimum atomic E-state index is -3.62. The molecule has 0 bridgehead atoms. The molecule has 1 aromatic heterocycles. The fraction of sp³-hybridized carbons (Fsp3) is 0.238. The van der Waals surface area contributed by atoms with Crippen LogP contribution in [0.25, 0.3) is 11.3 Å². The van der Waals surface area contributed by atoms with Crippen molar-refractivity contribution in [3.05, 3.63) is 66.1 Å². The number of aromatic nitrogens is 2. The van der Waals surface area contributed by atoms with Crippen LogP contribution in [0.15, 0.2) is 59.5 Å². The molecule has 2 aromatic carbocycles. The van der Waals surface area contributed by atoms with E-state index in [1.807, 2.05) is 24.3 Å². The molecule has 9 heteroatoms. The number of aryl methyl sites for hydroxylation is 1. The lowest BCUT2D eigenvalue weighted by Gasteiger charge is -2.38. The highest BCUT2D eigenvalue weighted by Crippen LogP contribution is 2.27. The highest BCUT2D eigenvalue weighted by Gasteiger charge is 2.41. The first-order valence-electron chi connectivity index (χ1n) is 9.27. The monoisotopic (exact) mass is 429 g/mol. The number of likely N-dealkylation sites (tertiary alicyclic amines) is 1. The summed E-state index contributed by atoms with van der Waals surface area (Å²) in [4.78, 5) is 14.4. The quantitative estimate of drug-likeness (QED) is 0.582. The molecule has 2 heterocycles. The molecule has 0 N–H and O–H groups in total. The van der Waals surface area contributed by atoms with Gasteiger partial charge in [-0.2, -0.15) is 5.10 Å². The predicted molar refractivity (Wildman–Crippen MR) is 108 cm³/mol. The van der Waals surface area contributed by atoms with Gasteiger partial charge in [-0.15, -0.1) is 0 Å². The maximum Gasteiger partial charge on any atom is 0.272 e. The van der Waals surface area contributed by atoms with Gasteiger partial charge in [0.2, 0.25) is 0 Å². The van der Waals surface area contributed by atoms with Gasteiger partial charge in [-0.25, -0.2) is 12.8 Å². The molecule has 1 aliphatic rings. The number of nitrogens with zero attached hydrogens (tertiary/aromatic N) is 3. The molecule has 156 valence electrons. The molecular weight excluding hydrogens is 409 g/mol. The molecule has 1 fully saturated rings. The number of hydrogen-bond acceptors (Lipinski definition) is 5. The van der Waals surface area contributed by atoms with Crippen LogP contribution >= 0.6 is 0 Å². The number of carbonyl (C=O) groups is 1. The Kier molecular flexibility index (Phi) is 5.07. The number of halogens is 1. The lowest BCUT2D eigenvalue weighted by molar-refractivity contribution is 0.0647. The van der Waals surface area contributed by atoms with Crippen LogP contribution in [0, 0.1) is 5.82 Å². The highest BCUT2D eigenvalue weighted by molar-refractivity contribution is 7.92. The van der Waals surface area contributed by atoms with Crippen LogP contribution in [0.3, 0.4) is 0 Å². The SMILES string of the molecule is COc1cccc(-c2cc(C(=O)N3CC(S(=O)(=O)c4ccc(F)cc4)C3)n(C)n2)c1. The molecule has 1 aliphatic heterocycles. The number of rotatable bonds is 5. The molecule has 1 saturated heterocycles. The smallest absolute Gasteiger partial charge is 0.272 e. The summed E-state index contributed by atoms with van der Waals surface area (Å²) in [5, 5.41) is 3.69. The van der Waals surface area contributed by atoms with E-state index in [4.69, 9.17) is 4.74 Å². The highest BCUT2D eigenvalue weighted by atomic mass is 32.2. The number of methoxy groups -OCH3 is 1. The number of ether oxygens (including phenoxy) is 1. The Bertz CT molecular complexity index is 1200. The molecule has 30 heavy (non-hydrogen) atoms. The molecule has 7 nitrogen and oxygen atoms in total. The number of amides is 1. The Balaban J connectivity index is 1.49. The van der Waals surface area contributed by atoms with Crippen LogP contribution in [0.1, 0.15) is 10.5 Å². The normalized spacial score (nSPS) is 14.4. The summed E-state index contributed by atoms with van der Waals surface area (Å²) in [5.74, 6) is -0.102. The van der Waals surface area contributed by atoms with Crippen LogP contribution < -0.4 is 4.74 Å². The Morgan fingerprint density at radius 3 is 2.50 bits per heavy atom. The van der Waals surface area contributed by atoms with Crippen molar-refractivity contribution in [3.8, 4) is 17.0 Å². The molecule has 0 spiro atoms. The first-order valence-corrected chi connectivity index (χ1v) is 10.8. The average molecular weight is 429 g/mol. The van der Waals surface area contributed by atoms with Crippen molar-refractivity contribution in [2.75, 3.05) is 20.2 Å². The van der Waals surface area contributed by atoms with E-state index < -0.39 is 20.9 Å². The van der Waals surface area contributed by atoms with E-state index in [0.717, 1.165) is 17.7 Å². The summed E-state index contributed by atoms with van der Waals surface area (Å²) in [6.45, 7) is 0.163. The number of sulfone groups is 1. The number of hydrogen-bond donors (Lipinski definition) is 0. The van der Waals surface area contributed by atoms with E-state index in [0.29, 0.717) is 17.1 Å². The molecule has 0 unspecified atom stereocenters. The van der Waals surface area contributed by atoms with Gasteiger partial charge in [0.1, 0.15) is 22.5 Å². The zero-order valence-corrected chi connectivity index (χ0v) is 17.3. The predicted octanol–water partition coefficient (Wildman–Crippen LogP) is 2.53. The third-order valence-corrected chi connectivity index (χ3v) is 7.29. The fourth-order valence-electron chi connectivity index (χ4n) is 3.37. The van der Waals surface area contributed by atoms with Gasteiger partial charge in [0.05, 0.1) is 17.7 Å². The summed E-state index contributed by atoms with van der Waals surface area (Å²) in [6.07, 6.45) is 0. The second-order valence-electron chi connectivity index (χ2n) is 7.10. The van der Waals surface area contributed by atoms with Crippen molar-refractivity contribution in [1.82, 2.24) is 14.7 Å². The summed E-state index contributed by atoms with van der Waals surface area (Å²) >= 11 is 0. The van der Waals surface area contributed by atoms with Crippen molar-refractivity contribution in [2.24, 2.45) is 7.05 Å². The van der Waals surface area contributed by atoms with Gasteiger partial charge in [0.15, 0.2) is 9.84 Å². The van der Waals surface area contributed by atoms with E-state index in [1.165, 1.54) is 21.7 Å². The minimum absolute atomic E-state index is 0.0573. The van der Waals surface area contributed by atoms with Crippen molar-refractivity contribution in [1.29, 1.82) is 0 Å². The topological polar surface area (TPSA) is 81.5 Å². The Labute approximate surface area is 173 Å². The number of carbonyl (C=O) groups excluding carboxylic acids is 1. The second-order valence-corrected chi connectivity index (χ2v) is 9.33. The molecule has 0 atom stereocenters. The standard InChI is InChI=1S/C21H20FN3O4S/c1-24-20(11-19(23-24)14-4-3-5-16(10-14)29-2)21(26)25-12-18(13-25)30(27,28)17-8-6-15(22)7-9-17/h3-11,18H,12-13H2,1-2H3. The molecule has 0 radical (unpaired) electrons. The Morgan fingerprint density at radius 2 is 1.83 bits per heavy atom. The van der Waals surface area contributed by atoms with E-state index in [2.05, 4.69) is 5.10 Å². The summed E-state index contributed by atoms with van der Waals surface area (Å²) in [5.41, 5.74) is 1.80. The molecule has 4 rings (SSSR count). The van der Waals surface area contributed by atoms with Gasteiger partial charge < -0.3 is 9.64 Å². The maximum atomic E-state index is 13.1. The van der Waals surface area contributed by atoms with Gasteiger partial charge in [0.25, 0.3) is 5.91 Å². The van der Waals surface area contributed by atoms with Crippen LogP contribution in [-0.2, 0) is 16.9 Å². The number of benzene rings is 2. The Hall–Kier alpha value is -3.20. The van der Waals surface area contributed by atoms with E-state index in [1.54, 1.807) is 20.2 Å². The second kappa shape index (κ2) is 7.56. The van der Waals surface area contributed by atoms with Gasteiger partial charge in [-0.05, 0) is 42.5 Å². The summed E-state index contributed by atoms with van der Waals surface area (Å²) in [6, 6.07) is 13.8. The Morgan fingerprint density at radius 1 is 1.13 bits per heavy atom. The summed E-state index contributed by atoms with van der Waals surface area (Å²) < 4.78 is 45.1. The fourth-order valence-corrected chi connectivity index (χ4v) is 5.02. The largest absolute Gasteiger partial charge is 0.497 e. The van der Waals surface area contributed by atoms with E-state index in [-0.39, 0.29) is 23.9 Å². The van der Waals surface area contributed by atoms with Crippen LogP contribution in [0.5, 0.6) is 5.75 Å². The first-order chi connectivity index (χ1) is 14.3. The van der Waals surface area contributed by atoms with Gasteiger partial charge in [-0.1, -0.05) is 12.1 Å². The summed E-state index contributed by atoms with van der Waals surface area (Å²) in [7, 11) is -0.374. The third kappa shape index (κ3) is 3.56. The maximum absolute atomic E-state index is 13.1. The molecular formula is C21H20FN3O4S. The van der Waals surface area contributed by atoms with Crippen LogP contribution in [-0.4, -0.2) is 54.5 Å². The zero-order chi connectivity index (χ0) is 21.5. The van der Waals surface area contributed by atoms with E-state index >= 15 is 0 Å². The van der Waals surface area contributed by atoms with Crippen molar-refractivity contribution in [2.45, 2.75) is 10.1 Å². The van der Waals surface area contributed by atoms with Crippen molar-refractivity contribution >= 4 is 15.7 Å². The lowest BCUT2D eigenvalue weighted by Crippen LogP contribution is -2.57. The van der Waals surface area contributed by atoms with Gasteiger partial charge >= 0.3 is 0 Å². The van der Waals surface area contributed by atoms with Crippen molar-refractivity contribution in [3.63, 3.8) is 0 Å². The van der Waals surface area contributed by atoms with Crippen LogP contribution in [0.2, 0.25) is 0 Å². The lowest BCUT2D eigenvalue weighted by atomic mass is 10.1. The first kappa shape index (κ1) is 20.1. The molecule has 3 aromatic rings. The third-order valence-electron chi connectivity index (χ3n) is 5.18. The molecule has 1 amide bonds. The van der Waals surface area contributed by atoms with Crippen LogP contribution in [0.4, 0.5) is 4.39 Å². The van der Waals surface area contributed by atoms with Crippen molar-refractivity contribution < 1.29 is 22.3 Å². The minimum Gasteiger partial charge on any atom is -0.497 e. The zero-order valence-electron chi connectivity index (χ0n) is 16.4. The van der Waals surface area contributed by atoms with Gasteiger partial charge in [0, 0.05) is 25.7 Å². The molecule has 0 aliphatic carbocycles. The molecule has 0 saturated carbocycles.